The van der Waals surface area contributed by atoms with Gasteiger partial charge in [0.25, 0.3) is 0 Å². The summed E-state index contributed by atoms with van der Waals surface area (Å²) >= 11 is 5.82. The summed E-state index contributed by atoms with van der Waals surface area (Å²) in [5.74, 6) is 0.708. The summed E-state index contributed by atoms with van der Waals surface area (Å²) in [4.78, 5) is 26.1. The number of benzene rings is 1. The van der Waals surface area contributed by atoms with Gasteiger partial charge in [-0.05, 0) is 43.0 Å². The Balaban J connectivity index is 1.96. The summed E-state index contributed by atoms with van der Waals surface area (Å²) < 4.78 is 0. The first-order chi connectivity index (χ1) is 10.1. The van der Waals surface area contributed by atoms with E-state index >= 15 is 0 Å². The first-order valence-electron chi connectivity index (χ1n) is 7.66. The average molecular weight is 308 g/mol. The molecule has 0 saturated carbocycles. The van der Waals surface area contributed by atoms with Gasteiger partial charge in [0.2, 0.25) is 5.91 Å². The van der Waals surface area contributed by atoms with Crippen molar-refractivity contribution in [2.75, 3.05) is 13.1 Å². The number of nitrogens with zero attached hydrogens (tertiary/aromatic N) is 1. The molecule has 0 radical (unpaired) electrons. The van der Waals surface area contributed by atoms with E-state index in [2.05, 4.69) is 6.92 Å². The molecule has 1 fully saturated rings. The Labute approximate surface area is 131 Å². The van der Waals surface area contributed by atoms with Gasteiger partial charge in [-0.1, -0.05) is 31.4 Å². The van der Waals surface area contributed by atoms with Gasteiger partial charge in [-0.3, -0.25) is 9.59 Å². The molecule has 2 rings (SSSR count). The molecule has 0 spiro atoms. The Kier molecular flexibility index (Phi) is 5.80. The lowest BCUT2D eigenvalue weighted by atomic mass is 9.96. The number of carbonyl (C=O) groups excluding carboxylic acids is 2. The van der Waals surface area contributed by atoms with E-state index in [0.29, 0.717) is 29.5 Å². The minimum Gasteiger partial charge on any atom is -0.335 e. The number of Topliss-reactive ketones (excluding diaryl/α,β-unsaturated/α-hetero) is 1. The summed E-state index contributed by atoms with van der Waals surface area (Å²) in [6.07, 6.45) is 4.86. The zero-order chi connectivity index (χ0) is 15.2. The van der Waals surface area contributed by atoms with Gasteiger partial charge < -0.3 is 4.90 Å². The minimum atomic E-state index is -0.0195. The lowest BCUT2D eigenvalue weighted by molar-refractivity contribution is -0.130. The fourth-order valence-corrected chi connectivity index (χ4v) is 2.98. The third kappa shape index (κ3) is 4.57. The van der Waals surface area contributed by atoms with E-state index < -0.39 is 0 Å². The van der Waals surface area contributed by atoms with E-state index in [0.717, 1.165) is 19.3 Å². The summed E-state index contributed by atoms with van der Waals surface area (Å²) in [5.41, 5.74) is 0.613. The molecule has 1 amide bonds. The van der Waals surface area contributed by atoms with Crippen molar-refractivity contribution in [2.45, 2.75) is 39.0 Å². The van der Waals surface area contributed by atoms with E-state index in [9.17, 15) is 9.59 Å². The number of carbonyl (C=O) groups is 2. The molecule has 114 valence electrons. The molecule has 1 aromatic rings. The van der Waals surface area contributed by atoms with Crippen LogP contribution in [0.2, 0.25) is 5.02 Å². The van der Waals surface area contributed by atoms with Crippen molar-refractivity contribution >= 4 is 23.3 Å². The number of hydrogen-bond acceptors (Lipinski definition) is 2. The van der Waals surface area contributed by atoms with E-state index in [1.54, 1.807) is 29.2 Å². The summed E-state index contributed by atoms with van der Waals surface area (Å²) in [6.45, 7) is 3.05. The van der Waals surface area contributed by atoms with Crippen molar-refractivity contribution in [2.24, 2.45) is 5.92 Å². The van der Waals surface area contributed by atoms with Crippen molar-refractivity contribution in [1.82, 2.24) is 4.90 Å². The van der Waals surface area contributed by atoms with Crippen LogP contribution in [-0.4, -0.2) is 29.7 Å². The van der Waals surface area contributed by atoms with Crippen LogP contribution in [0, 0.1) is 5.92 Å². The van der Waals surface area contributed by atoms with Crippen LogP contribution in [0.15, 0.2) is 24.3 Å². The van der Waals surface area contributed by atoms with Crippen LogP contribution in [0.3, 0.4) is 0 Å². The van der Waals surface area contributed by atoms with Crippen molar-refractivity contribution in [1.29, 1.82) is 0 Å². The Morgan fingerprint density at radius 1 is 1.29 bits per heavy atom. The maximum atomic E-state index is 12.3. The van der Waals surface area contributed by atoms with Crippen molar-refractivity contribution in [3.05, 3.63) is 34.9 Å². The molecule has 1 aliphatic heterocycles. The van der Waals surface area contributed by atoms with Crippen LogP contribution in [-0.2, 0) is 4.79 Å². The monoisotopic (exact) mass is 307 g/mol. The largest absolute Gasteiger partial charge is 0.335 e. The molecule has 1 aliphatic rings. The molecule has 1 unspecified atom stereocenters. The average Bonchev–Trinajstić information content (AvgIpc) is 2.64. The van der Waals surface area contributed by atoms with Crippen molar-refractivity contribution in [3.8, 4) is 0 Å². The Bertz CT molecular complexity index is 498. The molecule has 4 heteroatoms. The zero-order valence-electron chi connectivity index (χ0n) is 12.5. The predicted molar refractivity (Wildman–Crippen MR) is 84.6 cm³/mol. The van der Waals surface area contributed by atoms with Gasteiger partial charge in [-0.2, -0.15) is 0 Å². The van der Waals surface area contributed by atoms with Crippen molar-refractivity contribution < 1.29 is 9.59 Å². The number of amides is 1. The maximum Gasteiger partial charge on any atom is 0.222 e. The van der Waals surface area contributed by atoms with Crippen LogP contribution < -0.4 is 0 Å². The van der Waals surface area contributed by atoms with Crippen LogP contribution in [0.1, 0.15) is 49.4 Å². The third-order valence-corrected chi connectivity index (χ3v) is 4.38. The molecule has 1 saturated heterocycles. The SMILES string of the molecule is CCCC1CCC(=O)N(CC(=O)c2ccc(Cl)cc2)CC1. The standard InChI is InChI=1S/C17H22ClNO2/c1-2-3-13-4-9-17(21)19(11-10-13)12-16(20)14-5-7-15(18)8-6-14/h5-8,13H,2-4,9-12H2,1H3. The second-order valence-electron chi connectivity index (χ2n) is 5.73. The highest BCUT2D eigenvalue weighted by Gasteiger charge is 2.23. The second kappa shape index (κ2) is 7.60. The highest BCUT2D eigenvalue weighted by Crippen LogP contribution is 2.22. The lowest BCUT2D eigenvalue weighted by Gasteiger charge is -2.20. The number of hydrogen-bond donors (Lipinski definition) is 0. The molecular formula is C17H22ClNO2. The van der Waals surface area contributed by atoms with E-state index in [4.69, 9.17) is 11.6 Å². The molecule has 0 aromatic heterocycles. The molecule has 1 heterocycles. The van der Waals surface area contributed by atoms with Crippen LogP contribution in [0.5, 0.6) is 0 Å². The minimum absolute atomic E-state index is 0.0195. The topological polar surface area (TPSA) is 37.4 Å². The number of likely N-dealkylation sites (tertiary alicyclic amines) is 1. The molecule has 3 nitrogen and oxygen atoms in total. The summed E-state index contributed by atoms with van der Waals surface area (Å²) in [6, 6.07) is 6.84. The Hall–Kier alpha value is -1.35. The number of ketones is 1. The van der Waals surface area contributed by atoms with Crippen molar-refractivity contribution in [3.63, 3.8) is 0 Å². The van der Waals surface area contributed by atoms with Gasteiger partial charge >= 0.3 is 0 Å². The van der Waals surface area contributed by atoms with Crippen LogP contribution >= 0.6 is 11.6 Å². The van der Waals surface area contributed by atoms with E-state index in [1.165, 1.54) is 6.42 Å². The van der Waals surface area contributed by atoms with Crippen LogP contribution in [0.4, 0.5) is 0 Å². The number of halogens is 1. The van der Waals surface area contributed by atoms with Crippen LogP contribution in [0.25, 0.3) is 0 Å². The fourth-order valence-electron chi connectivity index (χ4n) is 2.86. The normalized spacial score (nSPS) is 19.4. The van der Waals surface area contributed by atoms with Gasteiger partial charge in [0.15, 0.2) is 5.78 Å². The predicted octanol–water partition coefficient (Wildman–Crippen LogP) is 3.95. The van der Waals surface area contributed by atoms with E-state index in [-0.39, 0.29) is 18.2 Å². The zero-order valence-corrected chi connectivity index (χ0v) is 13.2. The van der Waals surface area contributed by atoms with Gasteiger partial charge in [-0.25, -0.2) is 0 Å². The first-order valence-corrected chi connectivity index (χ1v) is 8.04. The number of rotatable bonds is 5. The molecule has 0 bridgehead atoms. The molecule has 0 N–H and O–H groups in total. The molecule has 0 aliphatic carbocycles. The van der Waals surface area contributed by atoms with Gasteiger partial charge in [0, 0.05) is 23.6 Å². The highest BCUT2D eigenvalue weighted by molar-refractivity contribution is 6.30. The molecular weight excluding hydrogens is 286 g/mol. The maximum absolute atomic E-state index is 12.3. The van der Waals surface area contributed by atoms with Gasteiger partial charge in [-0.15, -0.1) is 0 Å². The third-order valence-electron chi connectivity index (χ3n) is 4.12. The molecule has 21 heavy (non-hydrogen) atoms. The van der Waals surface area contributed by atoms with Gasteiger partial charge in [0.05, 0.1) is 6.54 Å². The van der Waals surface area contributed by atoms with E-state index in [1.807, 2.05) is 0 Å². The van der Waals surface area contributed by atoms with Gasteiger partial charge in [0.1, 0.15) is 0 Å². The summed E-state index contributed by atoms with van der Waals surface area (Å²) in [7, 11) is 0. The quantitative estimate of drug-likeness (QED) is 0.772. The molecule has 1 atom stereocenters. The molecule has 1 aromatic carbocycles. The Morgan fingerprint density at radius 2 is 2.00 bits per heavy atom. The highest BCUT2D eigenvalue weighted by atomic mass is 35.5. The second-order valence-corrected chi connectivity index (χ2v) is 6.16. The summed E-state index contributed by atoms with van der Waals surface area (Å²) in [5, 5.41) is 0.611. The Morgan fingerprint density at radius 3 is 2.67 bits per heavy atom. The first kappa shape index (κ1) is 16.0. The lowest BCUT2D eigenvalue weighted by Crippen LogP contribution is -2.35. The smallest absolute Gasteiger partial charge is 0.222 e. The fraction of sp³-hybridized carbons (Fsp3) is 0.529.